The van der Waals surface area contributed by atoms with Crippen LogP contribution in [0.1, 0.15) is 66.0 Å². The van der Waals surface area contributed by atoms with Gasteiger partial charge in [0, 0.05) is 18.6 Å². The van der Waals surface area contributed by atoms with E-state index in [1.165, 1.54) is 24.4 Å². The Morgan fingerprint density at radius 1 is 0.848 bits per heavy atom. The molecule has 0 radical (unpaired) electrons. The average molecular weight is 471 g/mol. The molecule has 33 heavy (non-hydrogen) atoms. The number of aromatic nitrogens is 1. The zero-order valence-corrected chi connectivity index (χ0v) is 21.5. The number of rotatable bonds is 5. The zero-order chi connectivity index (χ0) is 25.3. The van der Waals surface area contributed by atoms with Crippen molar-refractivity contribution in [1.82, 2.24) is 0 Å². The van der Waals surface area contributed by atoms with Gasteiger partial charge in [0.15, 0.2) is 6.20 Å². The number of anilines is 1. The molecular weight excluding hydrogens is 436 g/mol. The van der Waals surface area contributed by atoms with Crippen LogP contribution in [0.2, 0.25) is 0 Å². The number of ketones is 1. The van der Waals surface area contributed by atoms with Gasteiger partial charge >= 0.3 is 0 Å². The molecule has 1 heterocycles. The fourth-order valence-corrected chi connectivity index (χ4v) is 4.03. The monoisotopic (exact) mass is 470 g/mol. The Morgan fingerprint density at radius 3 is 1.97 bits per heavy atom. The van der Waals surface area contributed by atoms with E-state index in [0.717, 1.165) is 16.7 Å². The van der Waals surface area contributed by atoms with Crippen molar-refractivity contribution in [2.75, 3.05) is 4.72 Å². The Bertz CT molecular complexity index is 1200. The highest BCUT2D eigenvalue weighted by molar-refractivity contribution is 7.92. The van der Waals surface area contributed by atoms with Crippen molar-refractivity contribution in [2.45, 2.75) is 60.3 Å². The van der Waals surface area contributed by atoms with E-state index in [0.29, 0.717) is 4.73 Å². The first-order valence-electron chi connectivity index (χ1n) is 11.0. The second-order valence-electron chi connectivity index (χ2n) is 7.06. The number of aryl methyl sites for hydroxylation is 3. The van der Waals surface area contributed by atoms with Crippen LogP contribution in [-0.2, 0) is 10.0 Å². The Morgan fingerprint density at radius 2 is 1.39 bits per heavy atom. The van der Waals surface area contributed by atoms with E-state index >= 15 is 0 Å². The lowest BCUT2D eigenvalue weighted by Crippen LogP contribution is -2.31. The molecular formula is C26H34N2O4S. The number of benzene rings is 2. The summed E-state index contributed by atoms with van der Waals surface area (Å²) in [7, 11) is -3.89. The zero-order valence-electron chi connectivity index (χ0n) is 20.7. The van der Waals surface area contributed by atoms with Gasteiger partial charge in [0.25, 0.3) is 10.0 Å². The van der Waals surface area contributed by atoms with Crippen molar-refractivity contribution < 1.29 is 17.9 Å². The minimum absolute atomic E-state index is 0.105. The fraction of sp³-hybridized carbons (Fsp3) is 0.308. The molecule has 0 atom stereocenters. The number of carbonyl (C=O) groups excluding carboxylic acids is 1. The van der Waals surface area contributed by atoms with Gasteiger partial charge in [-0.15, -0.1) is 0 Å². The fourth-order valence-electron chi connectivity index (χ4n) is 2.96. The van der Waals surface area contributed by atoms with Gasteiger partial charge in [-0.25, -0.2) is 8.42 Å². The van der Waals surface area contributed by atoms with Crippen LogP contribution in [0, 0.1) is 32.9 Å². The molecule has 0 spiro atoms. The van der Waals surface area contributed by atoms with Crippen molar-refractivity contribution in [1.29, 1.82) is 0 Å². The molecule has 6 nitrogen and oxygen atoms in total. The predicted molar refractivity (Wildman–Crippen MR) is 134 cm³/mol. The molecule has 0 saturated heterocycles. The van der Waals surface area contributed by atoms with Crippen LogP contribution < -0.4 is 9.45 Å². The van der Waals surface area contributed by atoms with Crippen molar-refractivity contribution in [3.8, 4) is 0 Å². The van der Waals surface area contributed by atoms with Crippen LogP contribution >= 0.6 is 0 Å². The number of nitrogens with one attached hydrogen (secondary N) is 1. The number of nitrogens with zero attached hydrogens (tertiary/aromatic N) is 1. The van der Waals surface area contributed by atoms with Gasteiger partial charge < -0.3 is 5.21 Å². The highest BCUT2D eigenvalue weighted by Crippen LogP contribution is 2.27. The first-order valence-corrected chi connectivity index (χ1v) is 12.5. The third-order valence-electron chi connectivity index (χ3n) is 4.90. The average Bonchev–Trinajstić information content (AvgIpc) is 2.80. The first-order chi connectivity index (χ1) is 15.6. The summed E-state index contributed by atoms with van der Waals surface area (Å²) in [6, 6.07) is 12.8. The summed E-state index contributed by atoms with van der Waals surface area (Å²) in [6.45, 7) is 15.1. The second kappa shape index (κ2) is 12.2. The van der Waals surface area contributed by atoms with Crippen LogP contribution in [0.25, 0.3) is 0 Å². The first kappa shape index (κ1) is 27.8. The molecule has 0 fully saturated rings. The lowest BCUT2D eigenvalue weighted by atomic mass is 9.97. The molecule has 0 saturated carbocycles. The molecule has 0 aliphatic heterocycles. The van der Waals surface area contributed by atoms with Crippen LogP contribution in [-0.4, -0.2) is 14.2 Å². The smallest absolute Gasteiger partial charge is 0.261 e. The number of pyridine rings is 1. The molecule has 0 amide bonds. The third-order valence-corrected chi connectivity index (χ3v) is 6.28. The van der Waals surface area contributed by atoms with Gasteiger partial charge in [-0.05, 0) is 62.2 Å². The Balaban J connectivity index is 0.00000129. The van der Waals surface area contributed by atoms with Gasteiger partial charge in [0.1, 0.15) is 0 Å². The molecule has 0 bridgehead atoms. The van der Waals surface area contributed by atoms with E-state index in [9.17, 15) is 18.4 Å². The van der Waals surface area contributed by atoms with Crippen molar-refractivity contribution >= 4 is 21.5 Å². The van der Waals surface area contributed by atoms with Crippen LogP contribution in [0.3, 0.4) is 0 Å². The van der Waals surface area contributed by atoms with E-state index in [1.807, 2.05) is 48.5 Å². The lowest BCUT2D eigenvalue weighted by Gasteiger charge is -2.15. The standard InChI is InChI=1S/C22H22N2O4S.2C2H6/c1-14-7-9-18(10-8-14)29(27,28)23-21-13-16(3)15(2)12-20(21)22(25)19-6-5-11-24(26)17(19)4;2*1-2/h5-13,23H,1-4H3;2*1-2H3. The van der Waals surface area contributed by atoms with E-state index < -0.39 is 15.8 Å². The van der Waals surface area contributed by atoms with Crippen molar-refractivity contribution in [2.24, 2.45) is 0 Å². The van der Waals surface area contributed by atoms with Gasteiger partial charge in [-0.1, -0.05) is 45.4 Å². The molecule has 2 aromatic carbocycles. The largest absolute Gasteiger partial charge is 0.618 e. The molecule has 178 valence electrons. The normalized spacial score (nSPS) is 10.3. The summed E-state index contributed by atoms with van der Waals surface area (Å²) in [6.07, 6.45) is 1.31. The molecule has 0 aliphatic carbocycles. The van der Waals surface area contributed by atoms with Gasteiger partial charge in [0.2, 0.25) is 11.5 Å². The molecule has 7 heteroatoms. The summed E-state index contributed by atoms with van der Waals surface area (Å²) in [5.41, 5.74) is 3.47. The highest BCUT2D eigenvalue weighted by atomic mass is 32.2. The second-order valence-corrected chi connectivity index (χ2v) is 8.75. The van der Waals surface area contributed by atoms with Crippen LogP contribution in [0.15, 0.2) is 59.6 Å². The molecule has 1 N–H and O–H groups in total. The minimum Gasteiger partial charge on any atom is -0.618 e. The minimum atomic E-state index is -3.89. The Labute approximate surface area is 197 Å². The quantitative estimate of drug-likeness (QED) is 0.297. The Kier molecular flexibility index (Phi) is 10.3. The van der Waals surface area contributed by atoms with Crippen LogP contribution in [0.4, 0.5) is 5.69 Å². The number of hydrogen-bond acceptors (Lipinski definition) is 4. The number of carbonyl (C=O) groups is 1. The van der Waals surface area contributed by atoms with E-state index in [-0.39, 0.29) is 27.4 Å². The van der Waals surface area contributed by atoms with Crippen molar-refractivity contribution in [3.63, 3.8) is 0 Å². The summed E-state index contributed by atoms with van der Waals surface area (Å²) < 4.78 is 28.9. The van der Waals surface area contributed by atoms with Gasteiger partial charge in [-0.2, -0.15) is 4.73 Å². The predicted octanol–water partition coefficient (Wildman–Crippen LogP) is 5.64. The summed E-state index contributed by atoms with van der Waals surface area (Å²) >= 11 is 0. The third kappa shape index (κ3) is 6.65. The molecule has 0 aliphatic rings. The molecule has 1 aromatic heterocycles. The van der Waals surface area contributed by atoms with Crippen molar-refractivity contribution in [3.05, 3.63) is 93.4 Å². The van der Waals surface area contributed by atoms with Crippen LogP contribution in [0.5, 0.6) is 0 Å². The maximum absolute atomic E-state index is 13.2. The topological polar surface area (TPSA) is 90.2 Å². The van der Waals surface area contributed by atoms with E-state index in [1.54, 1.807) is 37.3 Å². The van der Waals surface area contributed by atoms with Gasteiger partial charge in [-0.3, -0.25) is 9.52 Å². The number of sulfonamides is 1. The maximum atomic E-state index is 13.2. The van der Waals surface area contributed by atoms with Gasteiger partial charge in [0.05, 0.1) is 16.1 Å². The maximum Gasteiger partial charge on any atom is 0.261 e. The molecule has 3 rings (SSSR count). The molecule has 3 aromatic rings. The highest BCUT2D eigenvalue weighted by Gasteiger charge is 2.23. The lowest BCUT2D eigenvalue weighted by molar-refractivity contribution is -0.612. The SMILES string of the molecule is CC.CC.Cc1ccc(S(=O)(=O)Nc2cc(C)c(C)cc2C(=O)c2ccc[n+]([O-])c2C)cc1. The summed E-state index contributed by atoms with van der Waals surface area (Å²) in [5.74, 6) is -0.419. The summed E-state index contributed by atoms with van der Waals surface area (Å²) in [5, 5.41) is 11.9. The number of hydrogen-bond donors (Lipinski definition) is 1. The van der Waals surface area contributed by atoms with E-state index in [2.05, 4.69) is 4.72 Å². The molecule has 0 unspecified atom stereocenters. The Hall–Kier alpha value is -3.19. The van der Waals surface area contributed by atoms with E-state index in [4.69, 9.17) is 0 Å². The summed E-state index contributed by atoms with van der Waals surface area (Å²) in [4.78, 5) is 13.3.